The van der Waals surface area contributed by atoms with E-state index in [0.29, 0.717) is 5.56 Å². The summed E-state index contributed by atoms with van der Waals surface area (Å²) in [6.45, 7) is -0.656. The molecule has 0 spiro atoms. The van der Waals surface area contributed by atoms with E-state index in [1.165, 1.54) is 68.8 Å². The highest BCUT2D eigenvalue weighted by atomic mass is 16.7. The first-order chi connectivity index (χ1) is 33.0. The molecule has 5 aromatic carbocycles. The van der Waals surface area contributed by atoms with Crippen LogP contribution in [0.2, 0.25) is 0 Å². The van der Waals surface area contributed by atoms with Crippen molar-refractivity contribution in [3.05, 3.63) is 112 Å². The zero-order valence-corrected chi connectivity index (χ0v) is 36.2. The summed E-state index contributed by atoms with van der Waals surface area (Å²) < 4.78 is 47.6. The van der Waals surface area contributed by atoms with Crippen LogP contribution in [0.4, 0.5) is 0 Å². The Balaban J connectivity index is 1.20. The first kappa shape index (κ1) is 46.0. The number of aliphatic hydroxyl groups excluding tert-OH is 4. The number of esters is 1. The molecule has 2 aliphatic heterocycles. The van der Waals surface area contributed by atoms with Crippen molar-refractivity contribution in [2.45, 2.75) is 49.3 Å². The molecule has 1 fully saturated rings. The lowest BCUT2D eigenvalue weighted by Crippen LogP contribution is -2.60. The highest BCUT2D eigenvalue weighted by Gasteiger charge is 2.46. The SMILES string of the molecule is COc1cc(-c2oc3cc(=O)cc4oc(-c5c(O)cc(O)c6c5O[C@H](c5ccc(O)c(O)c5)[C@H](O)C6)cc(c2O[C@@H]2O[C@H](COC(=O)C=Cc5ccc(O)cc5)[C@@H](O)[C@H](O)[C@H]2O)c43)cc(OC)c1O. The van der Waals surface area contributed by atoms with E-state index >= 15 is 0 Å². The van der Waals surface area contributed by atoms with Crippen LogP contribution in [-0.4, -0.2) is 115 Å². The van der Waals surface area contributed by atoms with Crippen molar-refractivity contribution in [1.29, 1.82) is 0 Å². The van der Waals surface area contributed by atoms with Gasteiger partial charge in [0.05, 0.1) is 25.7 Å². The molecule has 20 heteroatoms. The molecule has 0 aliphatic carbocycles. The maximum atomic E-state index is 13.4. The molecule has 7 aromatic rings. The quantitative estimate of drug-likeness (QED) is 0.0481. The predicted molar refractivity (Wildman–Crippen MR) is 239 cm³/mol. The van der Waals surface area contributed by atoms with Crippen LogP contribution < -0.4 is 24.4 Å². The summed E-state index contributed by atoms with van der Waals surface area (Å²) in [6, 6.07) is 16.9. The number of rotatable bonds is 11. The lowest BCUT2D eigenvalue weighted by Gasteiger charge is -2.40. The molecule has 0 amide bonds. The van der Waals surface area contributed by atoms with E-state index in [2.05, 4.69) is 0 Å². The van der Waals surface area contributed by atoms with Crippen LogP contribution in [0, 0.1) is 0 Å². The number of hydrogen-bond donors (Lipinski definition) is 10. The van der Waals surface area contributed by atoms with E-state index in [9.17, 15) is 60.7 Å². The Morgan fingerprint density at radius 3 is 2.13 bits per heavy atom. The number of phenols is 6. The number of benzene rings is 5. The molecule has 0 saturated carbocycles. The molecule has 4 heterocycles. The van der Waals surface area contributed by atoms with Crippen molar-refractivity contribution in [3.8, 4) is 80.1 Å². The number of carbonyl (C=O) groups is 1. The van der Waals surface area contributed by atoms with E-state index in [1.807, 2.05) is 0 Å². The van der Waals surface area contributed by atoms with Gasteiger partial charge in [-0.1, -0.05) is 18.2 Å². The smallest absolute Gasteiger partial charge is 0.330 e. The summed E-state index contributed by atoms with van der Waals surface area (Å²) in [7, 11) is 2.55. The summed E-state index contributed by atoms with van der Waals surface area (Å²) in [5.41, 5.74) is -0.194. The molecule has 20 nitrogen and oxygen atoms in total. The first-order valence-corrected chi connectivity index (χ1v) is 21.0. The van der Waals surface area contributed by atoms with Crippen LogP contribution in [-0.2, 0) is 20.7 Å². The summed E-state index contributed by atoms with van der Waals surface area (Å²) in [5, 5.41) is 108. The molecule has 0 radical (unpaired) electrons. The first-order valence-electron chi connectivity index (χ1n) is 21.0. The number of hydrogen-bond acceptors (Lipinski definition) is 20. The predicted octanol–water partition coefficient (Wildman–Crippen LogP) is 4.60. The minimum absolute atomic E-state index is 0.0177. The molecular formula is C49H42O20. The van der Waals surface area contributed by atoms with Gasteiger partial charge in [-0.05, 0) is 59.7 Å². The van der Waals surface area contributed by atoms with Crippen LogP contribution in [0.15, 0.2) is 98.6 Å². The van der Waals surface area contributed by atoms with Gasteiger partial charge in [-0.25, -0.2) is 4.79 Å². The van der Waals surface area contributed by atoms with Gasteiger partial charge < -0.3 is 88.3 Å². The van der Waals surface area contributed by atoms with E-state index in [1.54, 1.807) is 12.1 Å². The fourth-order valence-electron chi connectivity index (χ4n) is 8.25. The number of fused-ring (bicyclic) bond motifs is 1. The van der Waals surface area contributed by atoms with Crippen molar-refractivity contribution < 1.29 is 93.1 Å². The second-order valence-corrected chi connectivity index (χ2v) is 16.2. The molecule has 10 N–H and O–H groups in total. The van der Waals surface area contributed by atoms with Crippen LogP contribution >= 0.6 is 0 Å². The van der Waals surface area contributed by atoms with Gasteiger partial charge in [0.25, 0.3) is 0 Å². The average molecular weight is 951 g/mol. The van der Waals surface area contributed by atoms with Gasteiger partial charge in [0.15, 0.2) is 39.9 Å². The lowest BCUT2D eigenvalue weighted by atomic mass is 9.91. The molecule has 358 valence electrons. The Hall–Kier alpha value is -8.14. The van der Waals surface area contributed by atoms with Gasteiger partial charge in [0.2, 0.25) is 12.0 Å². The summed E-state index contributed by atoms with van der Waals surface area (Å²) >= 11 is 0. The molecule has 69 heavy (non-hydrogen) atoms. The maximum Gasteiger partial charge on any atom is 0.330 e. The molecule has 1 saturated heterocycles. The molecule has 2 aromatic heterocycles. The minimum Gasteiger partial charge on any atom is -0.508 e. The zero-order valence-electron chi connectivity index (χ0n) is 36.2. The van der Waals surface area contributed by atoms with E-state index in [0.717, 1.165) is 24.3 Å². The fourth-order valence-corrected chi connectivity index (χ4v) is 8.25. The number of methoxy groups -OCH3 is 2. The largest absolute Gasteiger partial charge is 0.508 e. The highest BCUT2D eigenvalue weighted by Crippen LogP contribution is 2.53. The standard InChI is InChI=1S/C49H42O20/c1-62-35-12-22(13-36(63-2)41(35)58)46-48(69-49-44(61)43(60)42(59)37(67-49)19-64-38(57)10-5-20-3-7-23(50)8-4-20)26-17-34(65-32-14-24(51)15-33(66-46)39(26)32)40-30(55)18-28(53)25-16-31(56)45(68-47(25)40)21-6-9-27(52)29(54)11-21/h3-15,17-18,31,37,42-45,49-50,52-56,58-61H,16,19H2,1-2H3/t31-,37-,42-,43+,44-,45-,49+/m1/s1. The number of aromatic hydroxyl groups is 6. The molecule has 9 rings (SSSR count). The molecular weight excluding hydrogens is 909 g/mol. The number of ether oxygens (including phenoxy) is 6. The van der Waals surface area contributed by atoms with Crippen LogP contribution in [0.1, 0.15) is 22.8 Å². The van der Waals surface area contributed by atoms with Gasteiger partial charge in [-0.2, -0.15) is 0 Å². The lowest BCUT2D eigenvalue weighted by molar-refractivity contribution is -0.278. The number of aliphatic hydroxyl groups is 4. The zero-order chi connectivity index (χ0) is 49.0. The van der Waals surface area contributed by atoms with Gasteiger partial charge in [-0.15, -0.1) is 0 Å². The van der Waals surface area contributed by atoms with Crippen molar-refractivity contribution in [2.75, 3.05) is 20.8 Å². The van der Waals surface area contributed by atoms with Crippen LogP contribution in [0.3, 0.4) is 0 Å². The minimum atomic E-state index is -2.00. The van der Waals surface area contributed by atoms with Gasteiger partial charge in [-0.3, -0.25) is 4.79 Å². The number of phenolic OH excluding ortho intramolecular Hbond substituents is 6. The monoisotopic (exact) mass is 950 g/mol. The summed E-state index contributed by atoms with van der Waals surface area (Å²) in [4.78, 5) is 26.1. The van der Waals surface area contributed by atoms with Crippen LogP contribution in [0.25, 0.3) is 50.7 Å². The molecule has 7 atom stereocenters. The Morgan fingerprint density at radius 2 is 1.45 bits per heavy atom. The summed E-state index contributed by atoms with van der Waals surface area (Å²) in [5.74, 6) is -4.45. The van der Waals surface area contributed by atoms with Crippen molar-refractivity contribution in [2.24, 2.45) is 0 Å². The van der Waals surface area contributed by atoms with Gasteiger partial charge in [0.1, 0.15) is 82.6 Å². The van der Waals surface area contributed by atoms with E-state index in [4.69, 9.17) is 37.3 Å². The second-order valence-electron chi connectivity index (χ2n) is 16.2. The Kier molecular flexibility index (Phi) is 12.1. The van der Waals surface area contributed by atoms with E-state index < -0.39 is 89.7 Å². The third-order valence-electron chi connectivity index (χ3n) is 11.7. The van der Waals surface area contributed by atoms with Crippen molar-refractivity contribution in [3.63, 3.8) is 0 Å². The average Bonchev–Trinajstić information content (AvgIpc) is 3.32. The maximum absolute atomic E-state index is 13.4. The fraction of sp³-hybridized carbons (Fsp3) is 0.224. The number of carbonyl (C=O) groups excluding carboxylic acids is 1. The van der Waals surface area contributed by atoms with Crippen molar-refractivity contribution >= 4 is 34.0 Å². The third kappa shape index (κ3) is 8.58. The second kappa shape index (κ2) is 18.2. The Labute approximate surface area is 388 Å². The van der Waals surface area contributed by atoms with Crippen LogP contribution in [0.5, 0.6) is 57.5 Å². The molecule has 0 bridgehead atoms. The van der Waals surface area contributed by atoms with Gasteiger partial charge in [0, 0.05) is 47.2 Å². The Bertz CT molecular complexity index is 3180. The normalized spacial score (nSPS) is 21.2. The van der Waals surface area contributed by atoms with E-state index in [-0.39, 0.29) is 90.9 Å². The molecule has 2 aliphatic rings. The third-order valence-corrected chi connectivity index (χ3v) is 11.7. The van der Waals surface area contributed by atoms with Gasteiger partial charge >= 0.3 is 5.97 Å². The topological polar surface area (TPSA) is 318 Å². The Morgan fingerprint density at radius 1 is 0.754 bits per heavy atom. The summed E-state index contributed by atoms with van der Waals surface area (Å²) in [6.07, 6.45) is -9.52. The van der Waals surface area contributed by atoms with Crippen molar-refractivity contribution in [1.82, 2.24) is 0 Å². The highest BCUT2D eigenvalue weighted by molar-refractivity contribution is 6.10. The molecule has 0 unspecified atom stereocenters.